The van der Waals surface area contributed by atoms with Gasteiger partial charge in [-0.1, -0.05) is 39.8 Å². The van der Waals surface area contributed by atoms with E-state index in [1.165, 1.54) is 5.56 Å². The Bertz CT molecular complexity index is 384. The molecule has 0 saturated heterocycles. The molecule has 3 nitrogen and oxygen atoms in total. The maximum atomic E-state index is 11.8. The summed E-state index contributed by atoms with van der Waals surface area (Å²) in [5.41, 5.74) is 7.90. The quantitative estimate of drug-likeness (QED) is 0.841. The van der Waals surface area contributed by atoms with E-state index in [9.17, 15) is 4.79 Å². The summed E-state index contributed by atoms with van der Waals surface area (Å²) in [6, 6.07) is 7.54. The van der Waals surface area contributed by atoms with Crippen LogP contribution in [0.15, 0.2) is 24.3 Å². The Hall–Kier alpha value is -1.35. The number of amides is 1. The van der Waals surface area contributed by atoms with Crippen molar-refractivity contribution in [3.63, 3.8) is 0 Å². The highest BCUT2D eigenvalue weighted by Crippen LogP contribution is 2.20. The summed E-state index contributed by atoms with van der Waals surface area (Å²) in [7, 11) is 0. The maximum Gasteiger partial charge on any atom is 0.241 e. The molecule has 0 spiro atoms. The van der Waals surface area contributed by atoms with Crippen LogP contribution in [0.5, 0.6) is 0 Å². The molecule has 0 radical (unpaired) electrons. The van der Waals surface area contributed by atoms with Gasteiger partial charge in [0.2, 0.25) is 5.91 Å². The van der Waals surface area contributed by atoms with Crippen LogP contribution in [0.4, 0.5) is 5.69 Å². The molecule has 2 unspecified atom stereocenters. The van der Waals surface area contributed by atoms with Gasteiger partial charge in [0.1, 0.15) is 0 Å². The van der Waals surface area contributed by atoms with Gasteiger partial charge >= 0.3 is 0 Å². The monoisotopic (exact) mass is 248 g/mol. The average molecular weight is 248 g/mol. The molecule has 0 aliphatic rings. The summed E-state index contributed by atoms with van der Waals surface area (Å²) in [5, 5.41) is 2.84. The molecular formula is C15H24N2O. The van der Waals surface area contributed by atoms with Gasteiger partial charge in [-0.15, -0.1) is 0 Å². The molecular weight excluding hydrogens is 224 g/mol. The number of benzene rings is 1. The fraction of sp³-hybridized carbons (Fsp3) is 0.533. The zero-order valence-electron chi connectivity index (χ0n) is 11.7. The minimum absolute atomic E-state index is 0.124. The minimum atomic E-state index is -0.459. The molecule has 2 atom stereocenters. The van der Waals surface area contributed by atoms with Gasteiger partial charge in [-0.05, 0) is 36.0 Å². The molecule has 0 heterocycles. The first kappa shape index (κ1) is 14.7. The first-order valence-corrected chi connectivity index (χ1v) is 6.62. The molecule has 1 aromatic carbocycles. The van der Waals surface area contributed by atoms with E-state index < -0.39 is 6.04 Å². The number of nitrogens with one attached hydrogen (secondary N) is 1. The third-order valence-electron chi connectivity index (χ3n) is 3.38. The lowest BCUT2D eigenvalue weighted by atomic mass is 9.98. The lowest BCUT2D eigenvalue weighted by Crippen LogP contribution is -2.39. The van der Waals surface area contributed by atoms with Crippen molar-refractivity contribution in [3.8, 4) is 0 Å². The zero-order valence-corrected chi connectivity index (χ0v) is 11.7. The van der Waals surface area contributed by atoms with Gasteiger partial charge < -0.3 is 11.1 Å². The molecule has 0 bridgehead atoms. The van der Waals surface area contributed by atoms with E-state index in [1.54, 1.807) is 0 Å². The molecule has 1 amide bonds. The molecule has 0 aliphatic heterocycles. The van der Waals surface area contributed by atoms with E-state index in [0.717, 1.165) is 12.1 Å². The number of hydrogen-bond donors (Lipinski definition) is 2. The maximum absolute atomic E-state index is 11.8. The number of carbonyl (C=O) groups excluding carboxylic acids is 1. The standard InChI is InChI=1S/C15H24N2O/c1-5-11(4)12-6-8-13(9-7-12)17-15(18)14(16)10(2)3/h6-11,14H,5,16H2,1-4H3,(H,17,18). The molecule has 0 saturated carbocycles. The Kier molecular flexibility index (Phi) is 5.35. The number of anilines is 1. The largest absolute Gasteiger partial charge is 0.325 e. The van der Waals surface area contributed by atoms with Crippen LogP contribution in [-0.2, 0) is 4.79 Å². The van der Waals surface area contributed by atoms with Crippen LogP contribution < -0.4 is 11.1 Å². The van der Waals surface area contributed by atoms with E-state index in [0.29, 0.717) is 5.92 Å². The number of rotatable bonds is 5. The second kappa shape index (κ2) is 6.55. The van der Waals surface area contributed by atoms with Crippen molar-refractivity contribution in [1.29, 1.82) is 0 Å². The Balaban J connectivity index is 2.67. The Morgan fingerprint density at radius 1 is 1.22 bits per heavy atom. The number of nitrogens with two attached hydrogens (primary N) is 1. The first-order chi connectivity index (χ1) is 8.45. The van der Waals surface area contributed by atoms with Crippen LogP contribution in [-0.4, -0.2) is 11.9 Å². The van der Waals surface area contributed by atoms with Crippen LogP contribution in [0, 0.1) is 5.92 Å². The van der Waals surface area contributed by atoms with E-state index in [-0.39, 0.29) is 11.8 Å². The smallest absolute Gasteiger partial charge is 0.241 e. The molecule has 100 valence electrons. The molecule has 3 heteroatoms. The summed E-state index contributed by atoms with van der Waals surface area (Å²) < 4.78 is 0. The lowest BCUT2D eigenvalue weighted by Gasteiger charge is -2.16. The van der Waals surface area contributed by atoms with E-state index in [2.05, 4.69) is 31.3 Å². The van der Waals surface area contributed by atoms with Gasteiger partial charge in [-0.3, -0.25) is 4.79 Å². The predicted octanol–water partition coefficient (Wildman–Crippen LogP) is 3.12. The Morgan fingerprint density at radius 2 is 1.78 bits per heavy atom. The first-order valence-electron chi connectivity index (χ1n) is 6.62. The summed E-state index contributed by atoms with van der Waals surface area (Å²) >= 11 is 0. The zero-order chi connectivity index (χ0) is 13.7. The Morgan fingerprint density at radius 3 is 2.22 bits per heavy atom. The number of carbonyl (C=O) groups is 1. The highest BCUT2D eigenvalue weighted by atomic mass is 16.2. The highest BCUT2D eigenvalue weighted by molar-refractivity contribution is 5.94. The molecule has 1 aromatic rings. The summed E-state index contributed by atoms with van der Waals surface area (Å²) in [6.07, 6.45) is 1.12. The molecule has 0 aromatic heterocycles. The van der Waals surface area contributed by atoms with Crippen molar-refractivity contribution in [1.82, 2.24) is 0 Å². The van der Waals surface area contributed by atoms with Crippen molar-refractivity contribution in [2.24, 2.45) is 11.7 Å². The van der Waals surface area contributed by atoms with E-state index >= 15 is 0 Å². The van der Waals surface area contributed by atoms with Gasteiger partial charge in [0.25, 0.3) is 0 Å². The van der Waals surface area contributed by atoms with Crippen LogP contribution in [0.1, 0.15) is 45.6 Å². The van der Waals surface area contributed by atoms with E-state index in [1.807, 2.05) is 26.0 Å². The van der Waals surface area contributed by atoms with Crippen molar-refractivity contribution >= 4 is 11.6 Å². The number of hydrogen-bond acceptors (Lipinski definition) is 2. The predicted molar refractivity (Wildman–Crippen MR) is 76.6 cm³/mol. The van der Waals surface area contributed by atoms with Crippen LogP contribution in [0.2, 0.25) is 0 Å². The van der Waals surface area contributed by atoms with Gasteiger partial charge in [-0.2, -0.15) is 0 Å². The molecule has 3 N–H and O–H groups in total. The fourth-order valence-corrected chi connectivity index (χ4v) is 1.66. The van der Waals surface area contributed by atoms with Crippen molar-refractivity contribution in [2.75, 3.05) is 5.32 Å². The van der Waals surface area contributed by atoms with Crippen LogP contribution >= 0.6 is 0 Å². The summed E-state index contributed by atoms with van der Waals surface area (Å²) in [4.78, 5) is 11.8. The van der Waals surface area contributed by atoms with Gasteiger partial charge in [0, 0.05) is 5.69 Å². The third kappa shape index (κ3) is 3.84. The SMILES string of the molecule is CCC(C)c1ccc(NC(=O)C(N)C(C)C)cc1. The van der Waals surface area contributed by atoms with Gasteiger partial charge in [-0.25, -0.2) is 0 Å². The van der Waals surface area contributed by atoms with Gasteiger partial charge in [0.15, 0.2) is 0 Å². The molecule has 0 fully saturated rings. The summed E-state index contributed by atoms with van der Waals surface area (Å²) in [6.45, 7) is 8.25. The lowest BCUT2D eigenvalue weighted by molar-refractivity contribution is -0.118. The van der Waals surface area contributed by atoms with Crippen molar-refractivity contribution in [3.05, 3.63) is 29.8 Å². The second-order valence-corrected chi connectivity index (χ2v) is 5.19. The van der Waals surface area contributed by atoms with Crippen LogP contribution in [0.3, 0.4) is 0 Å². The normalized spacial score (nSPS) is 14.3. The highest BCUT2D eigenvalue weighted by Gasteiger charge is 2.17. The molecule has 18 heavy (non-hydrogen) atoms. The fourth-order valence-electron chi connectivity index (χ4n) is 1.66. The Labute approximate surface area is 110 Å². The van der Waals surface area contributed by atoms with Crippen molar-refractivity contribution < 1.29 is 4.79 Å². The van der Waals surface area contributed by atoms with E-state index in [4.69, 9.17) is 5.73 Å². The van der Waals surface area contributed by atoms with Crippen LogP contribution in [0.25, 0.3) is 0 Å². The topological polar surface area (TPSA) is 55.1 Å². The molecule has 0 aliphatic carbocycles. The average Bonchev–Trinajstić information content (AvgIpc) is 2.37. The summed E-state index contributed by atoms with van der Waals surface area (Å²) in [5.74, 6) is 0.568. The third-order valence-corrected chi connectivity index (χ3v) is 3.38. The minimum Gasteiger partial charge on any atom is -0.325 e. The van der Waals surface area contributed by atoms with Crippen molar-refractivity contribution in [2.45, 2.75) is 46.1 Å². The van der Waals surface area contributed by atoms with Gasteiger partial charge in [0.05, 0.1) is 6.04 Å². The second-order valence-electron chi connectivity index (χ2n) is 5.19. The molecule has 1 rings (SSSR count).